The summed E-state index contributed by atoms with van der Waals surface area (Å²) in [5, 5.41) is 19.0. The molecule has 4 rings (SSSR count). The van der Waals surface area contributed by atoms with E-state index in [0.717, 1.165) is 22.3 Å². The molecule has 39 heavy (non-hydrogen) atoms. The first-order valence-corrected chi connectivity index (χ1v) is 12.4. The van der Waals surface area contributed by atoms with Gasteiger partial charge in [0.1, 0.15) is 6.61 Å². The number of nitro groups is 1. The highest BCUT2D eigenvalue weighted by atomic mass is 16.6. The Labute approximate surface area is 226 Å². The fourth-order valence-corrected chi connectivity index (χ4v) is 3.83. The lowest BCUT2D eigenvalue weighted by Crippen LogP contribution is -2.17. The number of carbonyl (C=O) groups excluding carboxylic acids is 1. The predicted molar refractivity (Wildman–Crippen MR) is 147 cm³/mol. The molecule has 10 nitrogen and oxygen atoms in total. The van der Waals surface area contributed by atoms with E-state index in [1.807, 2.05) is 56.3 Å². The first-order chi connectivity index (χ1) is 18.8. The highest BCUT2D eigenvalue weighted by molar-refractivity contribution is 5.95. The first-order valence-electron chi connectivity index (χ1n) is 12.4. The second-order valence-electron chi connectivity index (χ2n) is 8.81. The van der Waals surface area contributed by atoms with Crippen LogP contribution in [0, 0.1) is 24.0 Å². The van der Waals surface area contributed by atoms with Crippen LogP contribution in [0.25, 0.3) is 0 Å². The summed E-state index contributed by atoms with van der Waals surface area (Å²) in [6.45, 7) is 6.96. The predicted octanol–water partition coefficient (Wildman–Crippen LogP) is 5.20. The number of hydrogen-bond acceptors (Lipinski definition) is 7. The van der Waals surface area contributed by atoms with Crippen LogP contribution in [0.15, 0.2) is 77.9 Å². The molecular weight excluding hydrogens is 498 g/mol. The van der Waals surface area contributed by atoms with Gasteiger partial charge in [-0.2, -0.15) is 9.78 Å². The molecule has 200 valence electrons. The number of carbonyl (C=O) groups is 1. The van der Waals surface area contributed by atoms with E-state index in [1.54, 1.807) is 35.9 Å². The van der Waals surface area contributed by atoms with Gasteiger partial charge in [-0.25, -0.2) is 5.43 Å². The van der Waals surface area contributed by atoms with E-state index in [9.17, 15) is 14.9 Å². The number of hydrazone groups is 1. The summed E-state index contributed by atoms with van der Waals surface area (Å²) in [6.07, 6.45) is 1.54. The van der Waals surface area contributed by atoms with Crippen LogP contribution in [0.1, 0.15) is 45.2 Å². The van der Waals surface area contributed by atoms with Crippen LogP contribution >= 0.6 is 0 Å². The fourth-order valence-electron chi connectivity index (χ4n) is 3.83. The minimum absolute atomic E-state index is 0.195. The van der Waals surface area contributed by atoms with Gasteiger partial charge in [0.15, 0.2) is 11.5 Å². The summed E-state index contributed by atoms with van der Waals surface area (Å²) in [5.41, 5.74) is 7.47. The van der Waals surface area contributed by atoms with Crippen molar-refractivity contribution in [2.75, 3.05) is 6.61 Å². The Bertz CT molecular complexity index is 1490. The Morgan fingerprint density at radius 2 is 1.82 bits per heavy atom. The molecule has 0 fully saturated rings. The van der Waals surface area contributed by atoms with Crippen molar-refractivity contribution in [3.05, 3.63) is 116 Å². The molecular formula is C29H29N5O5. The lowest BCUT2D eigenvalue weighted by molar-refractivity contribution is -0.389. The molecule has 0 bridgehead atoms. The highest BCUT2D eigenvalue weighted by Crippen LogP contribution is 2.29. The minimum atomic E-state index is -0.524. The number of ether oxygens (including phenoxy) is 2. The molecule has 0 radical (unpaired) electrons. The van der Waals surface area contributed by atoms with Crippen molar-refractivity contribution in [1.29, 1.82) is 0 Å². The van der Waals surface area contributed by atoms with E-state index in [-0.39, 0.29) is 11.7 Å². The van der Waals surface area contributed by atoms with Crippen molar-refractivity contribution in [3.63, 3.8) is 0 Å². The van der Waals surface area contributed by atoms with Crippen molar-refractivity contribution < 1.29 is 19.2 Å². The number of aryl methyl sites for hydroxylation is 2. The summed E-state index contributed by atoms with van der Waals surface area (Å²) in [4.78, 5) is 22.9. The smallest absolute Gasteiger partial charge is 0.390 e. The average molecular weight is 528 g/mol. The van der Waals surface area contributed by atoms with Crippen molar-refractivity contribution in [1.82, 2.24) is 15.2 Å². The molecule has 1 amide bonds. The zero-order valence-electron chi connectivity index (χ0n) is 22.0. The fraction of sp³-hybridized carbons (Fsp3) is 0.207. The normalized spacial score (nSPS) is 10.9. The van der Waals surface area contributed by atoms with Crippen LogP contribution in [0.5, 0.6) is 11.5 Å². The Morgan fingerprint density at radius 1 is 1.05 bits per heavy atom. The maximum atomic E-state index is 12.5. The molecule has 4 aromatic rings. The second kappa shape index (κ2) is 12.5. The molecule has 0 spiro atoms. The Morgan fingerprint density at radius 3 is 2.51 bits per heavy atom. The van der Waals surface area contributed by atoms with Crippen molar-refractivity contribution >= 4 is 17.9 Å². The molecule has 10 heteroatoms. The van der Waals surface area contributed by atoms with Crippen LogP contribution < -0.4 is 14.9 Å². The van der Waals surface area contributed by atoms with Crippen molar-refractivity contribution in [2.45, 2.75) is 33.9 Å². The van der Waals surface area contributed by atoms with Crippen molar-refractivity contribution in [3.8, 4) is 11.5 Å². The molecule has 0 aliphatic heterocycles. The lowest BCUT2D eigenvalue weighted by Gasteiger charge is -2.13. The standard InChI is InChI=1S/C29H29N5O5/c1-4-38-27-16-23(11-14-26(27)39-19-25-8-6-5-7-20(25)2)17-30-31-29(35)24-12-9-22(10-13-24)18-33-21(3)15-28(32-33)34(36)37/h5-17H,4,18-19H2,1-3H3,(H,31,35). The monoisotopic (exact) mass is 527 g/mol. The van der Waals surface area contributed by atoms with Gasteiger partial charge in [-0.1, -0.05) is 36.4 Å². The molecule has 1 aromatic heterocycles. The van der Waals surface area contributed by atoms with Crippen LogP contribution in [-0.2, 0) is 13.2 Å². The van der Waals surface area contributed by atoms with Gasteiger partial charge in [0.05, 0.1) is 36.2 Å². The van der Waals surface area contributed by atoms with E-state index in [1.165, 1.54) is 12.3 Å². The zero-order chi connectivity index (χ0) is 27.8. The number of nitrogens with zero attached hydrogens (tertiary/aromatic N) is 4. The SMILES string of the molecule is CCOc1cc(C=NNC(=O)c2ccc(Cn3nc([N+](=O)[O-])cc3C)cc2)ccc1OCc1ccccc1C. The van der Waals surface area contributed by atoms with Gasteiger partial charge in [-0.3, -0.25) is 4.79 Å². The largest absolute Gasteiger partial charge is 0.490 e. The van der Waals surface area contributed by atoms with Gasteiger partial charge in [0.2, 0.25) is 0 Å². The molecule has 0 atom stereocenters. The quantitative estimate of drug-likeness (QED) is 0.163. The third-order valence-electron chi connectivity index (χ3n) is 6.00. The van der Waals surface area contributed by atoms with Crippen LogP contribution in [0.3, 0.4) is 0 Å². The molecule has 1 heterocycles. The number of hydrogen-bond donors (Lipinski definition) is 1. The van der Waals surface area contributed by atoms with E-state index < -0.39 is 4.92 Å². The summed E-state index contributed by atoms with van der Waals surface area (Å²) >= 11 is 0. The third kappa shape index (κ3) is 7.07. The number of aromatic nitrogens is 2. The number of amides is 1. The number of rotatable bonds is 11. The Balaban J connectivity index is 1.35. The molecule has 0 aliphatic rings. The summed E-state index contributed by atoms with van der Waals surface area (Å²) in [7, 11) is 0. The number of benzene rings is 3. The second-order valence-corrected chi connectivity index (χ2v) is 8.81. The molecule has 0 saturated carbocycles. The van der Waals surface area contributed by atoms with Gasteiger partial charge < -0.3 is 19.6 Å². The van der Waals surface area contributed by atoms with Gasteiger partial charge >= 0.3 is 5.82 Å². The average Bonchev–Trinajstić information content (AvgIpc) is 3.30. The van der Waals surface area contributed by atoms with E-state index in [2.05, 4.69) is 15.6 Å². The summed E-state index contributed by atoms with van der Waals surface area (Å²) < 4.78 is 13.3. The molecule has 0 saturated heterocycles. The molecule has 1 N–H and O–H groups in total. The lowest BCUT2D eigenvalue weighted by atomic mass is 10.1. The maximum Gasteiger partial charge on any atom is 0.390 e. The highest BCUT2D eigenvalue weighted by Gasteiger charge is 2.15. The van der Waals surface area contributed by atoms with Gasteiger partial charge in [-0.05, 0) is 78.3 Å². The van der Waals surface area contributed by atoms with E-state index in [4.69, 9.17) is 9.47 Å². The molecule has 0 unspecified atom stereocenters. The van der Waals surface area contributed by atoms with Crippen LogP contribution in [0.2, 0.25) is 0 Å². The van der Waals surface area contributed by atoms with Crippen LogP contribution in [0.4, 0.5) is 5.82 Å². The van der Waals surface area contributed by atoms with Gasteiger partial charge in [-0.15, -0.1) is 0 Å². The summed E-state index contributed by atoms with van der Waals surface area (Å²) in [6, 6.07) is 21.8. The van der Waals surface area contributed by atoms with E-state index in [0.29, 0.717) is 42.5 Å². The molecule has 3 aromatic carbocycles. The van der Waals surface area contributed by atoms with Gasteiger partial charge in [0, 0.05) is 5.56 Å². The summed E-state index contributed by atoms with van der Waals surface area (Å²) in [5.74, 6) is 0.655. The van der Waals surface area contributed by atoms with E-state index >= 15 is 0 Å². The van der Waals surface area contributed by atoms with Crippen molar-refractivity contribution in [2.24, 2.45) is 5.10 Å². The van der Waals surface area contributed by atoms with Crippen LogP contribution in [-0.4, -0.2) is 33.4 Å². The maximum absolute atomic E-state index is 12.5. The Kier molecular flexibility index (Phi) is 8.67. The zero-order valence-corrected chi connectivity index (χ0v) is 22.0. The topological polar surface area (TPSA) is 121 Å². The third-order valence-corrected chi connectivity index (χ3v) is 6.00. The Hall–Kier alpha value is -4.99. The van der Waals surface area contributed by atoms with Gasteiger partial charge in [0.25, 0.3) is 5.91 Å². The first kappa shape index (κ1) is 27.1. The minimum Gasteiger partial charge on any atom is -0.490 e. The molecule has 0 aliphatic carbocycles. The number of nitrogens with one attached hydrogen (secondary N) is 1.